The Bertz CT molecular complexity index is 754. The van der Waals surface area contributed by atoms with Gasteiger partial charge in [-0.25, -0.2) is 0 Å². The van der Waals surface area contributed by atoms with E-state index in [0.29, 0.717) is 17.1 Å². The summed E-state index contributed by atoms with van der Waals surface area (Å²) in [5, 5.41) is 19.2. The fourth-order valence-corrected chi connectivity index (χ4v) is 2.08. The summed E-state index contributed by atoms with van der Waals surface area (Å²) in [4.78, 5) is 4.27. The molecule has 1 aromatic carbocycles. The van der Waals surface area contributed by atoms with E-state index in [1.54, 1.807) is 0 Å². The van der Waals surface area contributed by atoms with Gasteiger partial charge in [0, 0.05) is 10.0 Å². The molecular formula is C12H6BrN5O. The van der Waals surface area contributed by atoms with Crippen LogP contribution < -0.4 is 0 Å². The zero-order chi connectivity index (χ0) is 13.2. The predicted molar refractivity (Wildman–Crippen MR) is 69.7 cm³/mol. The van der Waals surface area contributed by atoms with Gasteiger partial charge in [0.1, 0.15) is 11.8 Å². The number of rotatable bonds is 2. The van der Waals surface area contributed by atoms with Crippen LogP contribution in [0.2, 0.25) is 0 Å². The molecule has 0 amide bonds. The van der Waals surface area contributed by atoms with Crippen LogP contribution in [0, 0.1) is 11.3 Å². The molecule has 1 N–H and O–H groups in total. The molecule has 0 aliphatic carbocycles. The van der Waals surface area contributed by atoms with E-state index >= 15 is 0 Å². The molecule has 0 saturated heterocycles. The van der Waals surface area contributed by atoms with Gasteiger partial charge in [-0.15, -0.1) is 0 Å². The van der Waals surface area contributed by atoms with Gasteiger partial charge in [0.15, 0.2) is 0 Å². The second kappa shape index (κ2) is 4.66. The topological polar surface area (TPSA) is 91.4 Å². The molecule has 0 radical (unpaired) electrons. The number of nitrogens with zero attached hydrogens (tertiary/aromatic N) is 4. The smallest absolute Gasteiger partial charge is 0.262 e. The van der Waals surface area contributed by atoms with Gasteiger partial charge < -0.3 is 4.52 Å². The van der Waals surface area contributed by atoms with E-state index in [4.69, 9.17) is 9.78 Å². The molecule has 3 aromatic rings. The second-order valence-electron chi connectivity index (χ2n) is 3.67. The molecule has 0 fully saturated rings. The van der Waals surface area contributed by atoms with Crippen molar-refractivity contribution >= 4 is 15.9 Å². The Morgan fingerprint density at radius 2 is 2.11 bits per heavy atom. The fourth-order valence-electron chi connectivity index (χ4n) is 1.62. The van der Waals surface area contributed by atoms with Crippen LogP contribution in [0.5, 0.6) is 0 Å². The lowest BCUT2D eigenvalue weighted by molar-refractivity contribution is 0.432. The van der Waals surface area contributed by atoms with Gasteiger partial charge in [0.25, 0.3) is 5.89 Å². The molecule has 0 aliphatic heterocycles. The van der Waals surface area contributed by atoms with Crippen LogP contribution >= 0.6 is 15.9 Å². The molecule has 3 rings (SSSR count). The molecule has 2 heterocycles. The van der Waals surface area contributed by atoms with Crippen molar-refractivity contribution in [2.45, 2.75) is 0 Å². The minimum absolute atomic E-state index is 0.260. The third-order valence-electron chi connectivity index (χ3n) is 2.52. The molecule has 0 bridgehead atoms. The number of aromatic nitrogens is 4. The highest BCUT2D eigenvalue weighted by atomic mass is 79.9. The highest BCUT2D eigenvalue weighted by Gasteiger charge is 2.16. The first-order valence-corrected chi connectivity index (χ1v) is 6.11. The molecule has 0 atom stereocenters. The first-order valence-electron chi connectivity index (χ1n) is 5.32. The zero-order valence-corrected chi connectivity index (χ0v) is 11.0. The van der Waals surface area contributed by atoms with Gasteiger partial charge in [0.05, 0.1) is 11.8 Å². The third kappa shape index (κ3) is 2.02. The number of nitriles is 1. The minimum Gasteiger partial charge on any atom is -0.333 e. The summed E-state index contributed by atoms with van der Waals surface area (Å²) < 4.78 is 6.04. The first kappa shape index (κ1) is 11.6. The SMILES string of the molecule is N#Cc1[nH]ncc1-c1nc(-c2ccccc2Br)no1. The maximum Gasteiger partial charge on any atom is 0.262 e. The number of hydrogen-bond acceptors (Lipinski definition) is 5. The number of hydrogen-bond donors (Lipinski definition) is 1. The summed E-state index contributed by atoms with van der Waals surface area (Å²) in [6.45, 7) is 0. The van der Waals surface area contributed by atoms with E-state index in [9.17, 15) is 0 Å². The van der Waals surface area contributed by atoms with Gasteiger partial charge >= 0.3 is 0 Å². The summed E-state index contributed by atoms with van der Waals surface area (Å²) in [7, 11) is 0. The Morgan fingerprint density at radius 1 is 1.26 bits per heavy atom. The van der Waals surface area contributed by atoms with E-state index in [2.05, 4.69) is 36.3 Å². The summed E-state index contributed by atoms with van der Waals surface area (Å²) >= 11 is 3.43. The van der Waals surface area contributed by atoms with Crippen molar-refractivity contribution in [3.63, 3.8) is 0 Å². The zero-order valence-electron chi connectivity index (χ0n) is 9.46. The lowest BCUT2D eigenvalue weighted by Gasteiger charge is -1.96. The van der Waals surface area contributed by atoms with E-state index in [1.165, 1.54) is 6.20 Å². The third-order valence-corrected chi connectivity index (χ3v) is 3.21. The Labute approximate surface area is 116 Å². The summed E-state index contributed by atoms with van der Waals surface area (Å²) in [6.07, 6.45) is 1.48. The van der Waals surface area contributed by atoms with Crippen LogP contribution in [0.15, 0.2) is 39.5 Å². The fraction of sp³-hybridized carbons (Fsp3) is 0. The number of H-pyrrole nitrogens is 1. The number of benzene rings is 1. The van der Waals surface area contributed by atoms with Gasteiger partial charge in [0.2, 0.25) is 5.82 Å². The van der Waals surface area contributed by atoms with Crippen molar-refractivity contribution in [3.05, 3.63) is 40.6 Å². The lowest BCUT2D eigenvalue weighted by atomic mass is 10.2. The molecular weight excluding hydrogens is 310 g/mol. The highest BCUT2D eigenvalue weighted by Crippen LogP contribution is 2.28. The van der Waals surface area contributed by atoms with Crippen molar-refractivity contribution in [1.82, 2.24) is 20.3 Å². The van der Waals surface area contributed by atoms with Crippen LogP contribution in [0.1, 0.15) is 5.69 Å². The Kier molecular flexibility index (Phi) is 2.85. The monoisotopic (exact) mass is 315 g/mol. The van der Waals surface area contributed by atoms with E-state index in [1.807, 2.05) is 30.3 Å². The molecule has 6 nitrogen and oxygen atoms in total. The maximum absolute atomic E-state index is 8.92. The maximum atomic E-state index is 8.92. The van der Waals surface area contributed by atoms with Gasteiger partial charge in [-0.3, -0.25) is 5.10 Å². The van der Waals surface area contributed by atoms with Crippen LogP contribution in [0.3, 0.4) is 0 Å². The predicted octanol–water partition coefficient (Wildman–Crippen LogP) is 2.76. The van der Waals surface area contributed by atoms with Crippen molar-refractivity contribution in [3.8, 4) is 28.9 Å². The van der Waals surface area contributed by atoms with Crippen LogP contribution in [0.4, 0.5) is 0 Å². The van der Waals surface area contributed by atoms with Crippen molar-refractivity contribution in [2.75, 3.05) is 0 Å². The molecule has 92 valence electrons. The molecule has 0 saturated carbocycles. The summed E-state index contributed by atoms with van der Waals surface area (Å²) in [5.41, 5.74) is 1.61. The molecule has 2 aromatic heterocycles. The lowest BCUT2D eigenvalue weighted by Crippen LogP contribution is -1.83. The Morgan fingerprint density at radius 3 is 2.89 bits per heavy atom. The van der Waals surface area contributed by atoms with E-state index in [0.717, 1.165) is 10.0 Å². The highest BCUT2D eigenvalue weighted by molar-refractivity contribution is 9.10. The normalized spacial score (nSPS) is 10.3. The minimum atomic E-state index is 0.260. The van der Waals surface area contributed by atoms with E-state index < -0.39 is 0 Å². The number of halogens is 1. The van der Waals surface area contributed by atoms with Crippen molar-refractivity contribution < 1.29 is 4.52 Å². The van der Waals surface area contributed by atoms with Gasteiger partial charge in [-0.1, -0.05) is 33.2 Å². The first-order chi connectivity index (χ1) is 9.29. The van der Waals surface area contributed by atoms with Crippen molar-refractivity contribution in [2.24, 2.45) is 0 Å². The summed E-state index contributed by atoms with van der Waals surface area (Å²) in [5.74, 6) is 0.712. The average molecular weight is 316 g/mol. The van der Waals surface area contributed by atoms with Gasteiger partial charge in [-0.2, -0.15) is 15.3 Å². The molecule has 7 heteroatoms. The number of nitrogens with one attached hydrogen (secondary N) is 1. The van der Waals surface area contributed by atoms with Crippen LogP contribution in [0.25, 0.3) is 22.8 Å². The largest absolute Gasteiger partial charge is 0.333 e. The van der Waals surface area contributed by atoms with Crippen LogP contribution in [-0.4, -0.2) is 20.3 Å². The number of aromatic amines is 1. The van der Waals surface area contributed by atoms with Crippen LogP contribution in [-0.2, 0) is 0 Å². The molecule has 0 aliphatic rings. The van der Waals surface area contributed by atoms with Crippen molar-refractivity contribution in [1.29, 1.82) is 5.26 Å². The Hall–Kier alpha value is -2.46. The quantitative estimate of drug-likeness (QED) is 0.785. The van der Waals surface area contributed by atoms with E-state index in [-0.39, 0.29) is 5.89 Å². The molecule has 19 heavy (non-hydrogen) atoms. The van der Waals surface area contributed by atoms with Gasteiger partial charge in [-0.05, 0) is 12.1 Å². The molecule has 0 unspecified atom stereocenters. The molecule has 0 spiro atoms. The Balaban J connectivity index is 2.06. The standard InChI is InChI=1S/C12H6BrN5O/c13-9-4-2-1-3-7(9)11-16-12(19-18-11)8-6-15-17-10(8)5-14/h1-4,6H,(H,15,17). The average Bonchev–Trinajstić information content (AvgIpc) is 3.07. The summed E-state index contributed by atoms with van der Waals surface area (Å²) in [6, 6.07) is 9.53. The second-order valence-corrected chi connectivity index (χ2v) is 4.53.